The molecule has 1 amide bonds. The van der Waals surface area contributed by atoms with Gasteiger partial charge in [0.2, 0.25) is 0 Å². The summed E-state index contributed by atoms with van der Waals surface area (Å²) in [6.45, 7) is 0.992. The molecule has 2 aromatic rings. The fourth-order valence-electron chi connectivity index (χ4n) is 3.50. The first kappa shape index (κ1) is 16.5. The fourth-order valence-corrected chi connectivity index (χ4v) is 4.47. The number of benzene rings is 1. The highest BCUT2D eigenvalue weighted by Crippen LogP contribution is 2.34. The molecule has 0 spiro atoms. The highest BCUT2D eigenvalue weighted by Gasteiger charge is 2.37. The monoisotopic (exact) mass is 358 g/mol. The number of carboxylic acids is 1. The van der Waals surface area contributed by atoms with E-state index < -0.39 is 5.97 Å². The zero-order chi connectivity index (χ0) is 17.4. The molecule has 0 bridgehead atoms. The molecule has 0 saturated heterocycles. The van der Waals surface area contributed by atoms with Crippen LogP contribution >= 0.6 is 11.3 Å². The molecule has 4 rings (SSSR count). The number of hydrogen-bond acceptors (Lipinski definition) is 4. The summed E-state index contributed by atoms with van der Waals surface area (Å²) in [5.41, 5.74) is 0. The molecular formula is C19H22N2O3S. The van der Waals surface area contributed by atoms with Crippen molar-refractivity contribution in [3.8, 4) is 0 Å². The minimum Gasteiger partial charge on any atom is -0.480 e. The van der Waals surface area contributed by atoms with Crippen LogP contribution in [0.1, 0.15) is 35.4 Å². The molecule has 2 aliphatic carbocycles. The maximum absolute atomic E-state index is 12.5. The van der Waals surface area contributed by atoms with E-state index in [1.54, 1.807) is 0 Å². The first-order valence-electron chi connectivity index (χ1n) is 8.84. The van der Waals surface area contributed by atoms with Gasteiger partial charge >= 0.3 is 5.97 Å². The third-order valence-electron chi connectivity index (χ3n) is 5.14. The van der Waals surface area contributed by atoms with Crippen molar-refractivity contribution < 1.29 is 14.7 Å². The average Bonchev–Trinajstić information content (AvgIpc) is 3.23. The highest BCUT2D eigenvalue weighted by molar-refractivity contribution is 7.20. The van der Waals surface area contributed by atoms with Gasteiger partial charge in [-0.25, -0.2) is 0 Å². The van der Waals surface area contributed by atoms with Crippen LogP contribution in [0, 0.1) is 5.92 Å². The molecular weight excluding hydrogens is 336 g/mol. The summed E-state index contributed by atoms with van der Waals surface area (Å²) in [6, 6.07) is 10.4. The molecule has 25 heavy (non-hydrogen) atoms. The number of amides is 1. The Morgan fingerprint density at radius 3 is 2.68 bits per heavy atom. The third-order valence-corrected chi connectivity index (χ3v) is 6.26. The summed E-state index contributed by atoms with van der Waals surface area (Å²) in [4.78, 5) is 26.4. The van der Waals surface area contributed by atoms with Crippen LogP contribution in [0.4, 0.5) is 0 Å². The lowest BCUT2D eigenvalue weighted by Gasteiger charge is -2.42. The molecule has 0 atom stereocenters. The Morgan fingerprint density at radius 1 is 1.24 bits per heavy atom. The second-order valence-corrected chi connectivity index (χ2v) is 8.29. The molecule has 0 radical (unpaired) electrons. The maximum atomic E-state index is 12.5. The van der Waals surface area contributed by atoms with Gasteiger partial charge in [0.25, 0.3) is 5.91 Å². The fraction of sp³-hybridized carbons (Fsp3) is 0.474. The molecule has 0 aliphatic heterocycles. The number of aliphatic carboxylic acids is 1. The predicted octanol–water partition coefficient (Wildman–Crippen LogP) is 2.96. The second-order valence-electron chi connectivity index (χ2n) is 7.21. The Morgan fingerprint density at radius 2 is 2.00 bits per heavy atom. The number of carbonyl (C=O) groups is 2. The third kappa shape index (κ3) is 3.85. The molecule has 132 valence electrons. The molecule has 1 aromatic carbocycles. The van der Waals surface area contributed by atoms with Crippen LogP contribution in [0.5, 0.6) is 0 Å². The Kier molecular flexibility index (Phi) is 4.48. The lowest BCUT2D eigenvalue weighted by atomic mass is 9.85. The molecule has 2 N–H and O–H groups in total. The molecule has 2 saturated carbocycles. The zero-order valence-corrected chi connectivity index (χ0v) is 14.8. The Labute approximate surface area is 150 Å². The summed E-state index contributed by atoms with van der Waals surface area (Å²) in [7, 11) is 0. The van der Waals surface area contributed by atoms with E-state index in [2.05, 4.69) is 10.2 Å². The predicted molar refractivity (Wildman–Crippen MR) is 98.0 cm³/mol. The van der Waals surface area contributed by atoms with E-state index in [1.165, 1.54) is 24.2 Å². The molecule has 1 heterocycles. The SMILES string of the molecule is O=C(O)CN(CC1CC1)C1CC(NC(=O)c2cc3ccccc3s2)C1. The van der Waals surface area contributed by atoms with E-state index in [0.29, 0.717) is 5.92 Å². The summed E-state index contributed by atoms with van der Waals surface area (Å²) >= 11 is 1.51. The van der Waals surface area contributed by atoms with Crippen LogP contribution in [-0.4, -0.2) is 47.1 Å². The smallest absolute Gasteiger partial charge is 0.317 e. The van der Waals surface area contributed by atoms with Gasteiger partial charge in [-0.1, -0.05) is 18.2 Å². The van der Waals surface area contributed by atoms with Crippen LogP contribution in [-0.2, 0) is 4.79 Å². The molecule has 5 nitrogen and oxygen atoms in total. The average molecular weight is 358 g/mol. The number of carbonyl (C=O) groups excluding carboxylic acids is 1. The number of thiophene rings is 1. The minimum atomic E-state index is -0.765. The van der Waals surface area contributed by atoms with Gasteiger partial charge in [-0.15, -0.1) is 11.3 Å². The molecule has 0 unspecified atom stereocenters. The van der Waals surface area contributed by atoms with Crippen molar-refractivity contribution in [1.29, 1.82) is 0 Å². The summed E-state index contributed by atoms with van der Waals surface area (Å²) in [5, 5.41) is 13.3. The highest BCUT2D eigenvalue weighted by atomic mass is 32.1. The quantitative estimate of drug-likeness (QED) is 0.798. The van der Waals surface area contributed by atoms with Gasteiger partial charge in [0.05, 0.1) is 11.4 Å². The van der Waals surface area contributed by atoms with Gasteiger partial charge in [-0.05, 0) is 49.1 Å². The van der Waals surface area contributed by atoms with Gasteiger partial charge < -0.3 is 10.4 Å². The zero-order valence-electron chi connectivity index (χ0n) is 14.0. The van der Waals surface area contributed by atoms with Crippen molar-refractivity contribution in [1.82, 2.24) is 10.2 Å². The lowest BCUT2D eigenvalue weighted by molar-refractivity contribution is -0.139. The summed E-state index contributed by atoms with van der Waals surface area (Å²) in [6.07, 6.45) is 4.12. The topological polar surface area (TPSA) is 69.6 Å². The molecule has 2 aliphatic rings. The molecule has 1 aromatic heterocycles. The van der Waals surface area contributed by atoms with Crippen LogP contribution < -0.4 is 5.32 Å². The van der Waals surface area contributed by atoms with Crippen LogP contribution in [0.3, 0.4) is 0 Å². The van der Waals surface area contributed by atoms with Gasteiger partial charge in [0, 0.05) is 23.3 Å². The van der Waals surface area contributed by atoms with Gasteiger partial charge in [0.1, 0.15) is 0 Å². The largest absolute Gasteiger partial charge is 0.480 e. The van der Waals surface area contributed by atoms with E-state index in [-0.39, 0.29) is 24.5 Å². The van der Waals surface area contributed by atoms with E-state index in [9.17, 15) is 9.59 Å². The second kappa shape index (κ2) is 6.77. The Hall–Kier alpha value is -1.92. The first-order valence-corrected chi connectivity index (χ1v) is 9.65. The van der Waals surface area contributed by atoms with Crippen LogP contribution in [0.25, 0.3) is 10.1 Å². The van der Waals surface area contributed by atoms with E-state index >= 15 is 0 Å². The van der Waals surface area contributed by atoms with Gasteiger partial charge in [-0.2, -0.15) is 0 Å². The van der Waals surface area contributed by atoms with Crippen LogP contribution in [0.15, 0.2) is 30.3 Å². The number of fused-ring (bicyclic) bond motifs is 1. The van der Waals surface area contributed by atoms with Crippen molar-refractivity contribution in [2.75, 3.05) is 13.1 Å². The number of carboxylic acid groups (broad SMARTS) is 1. The number of nitrogens with one attached hydrogen (secondary N) is 1. The lowest BCUT2D eigenvalue weighted by Crippen LogP contribution is -2.55. The van der Waals surface area contributed by atoms with Crippen molar-refractivity contribution in [2.24, 2.45) is 5.92 Å². The van der Waals surface area contributed by atoms with Crippen molar-refractivity contribution in [3.05, 3.63) is 35.2 Å². The summed E-state index contributed by atoms with van der Waals surface area (Å²) in [5.74, 6) is -0.110. The number of nitrogens with zero attached hydrogens (tertiary/aromatic N) is 1. The molecule has 6 heteroatoms. The Bertz CT molecular complexity index is 760. The van der Waals surface area contributed by atoms with E-state index in [0.717, 1.165) is 34.3 Å². The van der Waals surface area contributed by atoms with Crippen LogP contribution in [0.2, 0.25) is 0 Å². The Balaban J connectivity index is 1.32. The maximum Gasteiger partial charge on any atom is 0.317 e. The normalized spacial score (nSPS) is 22.8. The van der Waals surface area contributed by atoms with Crippen molar-refractivity contribution in [2.45, 2.75) is 37.8 Å². The number of rotatable bonds is 7. The van der Waals surface area contributed by atoms with Gasteiger partial charge in [0.15, 0.2) is 0 Å². The van der Waals surface area contributed by atoms with Crippen molar-refractivity contribution in [3.63, 3.8) is 0 Å². The van der Waals surface area contributed by atoms with Gasteiger partial charge in [-0.3, -0.25) is 14.5 Å². The number of hydrogen-bond donors (Lipinski definition) is 2. The van der Waals surface area contributed by atoms with Crippen molar-refractivity contribution >= 4 is 33.3 Å². The molecule has 2 fully saturated rings. The standard InChI is InChI=1S/C19H22N2O3S/c22-18(23)11-21(10-12-5-6-12)15-8-14(9-15)20-19(24)17-7-13-3-1-2-4-16(13)25-17/h1-4,7,12,14-15H,5-6,8-11H2,(H,20,24)(H,22,23). The van der Waals surface area contributed by atoms with E-state index in [4.69, 9.17) is 5.11 Å². The summed E-state index contributed by atoms with van der Waals surface area (Å²) < 4.78 is 1.12. The van der Waals surface area contributed by atoms with E-state index in [1.807, 2.05) is 30.3 Å². The minimum absolute atomic E-state index is 0.0170. The first-order chi connectivity index (χ1) is 12.1.